The van der Waals surface area contributed by atoms with Gasteiger partial charge in [-0.2, -0.15) is 0 Å². The zero-order valence-corrected chi connectivity index (χ0v) is 22.5. The van der Waals surface area contributed by atoms with Crippen molar-refractivity contribution in [3.05, 3.63) is 11.6 Å². The molecule has 5 aliphatic rings. The van der Waals surface area contributed by atoms with Gasteiger partial charge < -0.3 is 19.1 Å². The van der Waals surface area contributed by atoms with Crippen molar-refractivity contribution >= 4 is 11.8 Å². The van der Waals surface area contributed by atoms with E-state index in [0.717, 1.165) is 51.4 Å². The van der Waals surface area contributed by atoms with Crippen LogP contribution in [0.25, 0.3) is 0 Å². The van der Waals surface area contributed by atoms with E-state index in [1.54, 1.807) is 5.57 Å². The van der Waals surface area contributed by atoms with E-state index in [9.17, 15) is 9.59 Å². The lowest BCUT2D eigenvalue weighted by molar-refractivity contribution is -0.275. The molecule has 0 aromatic heterocycles. The van der Waals surface area contributed by atoms with Crippen LogP contribution in [0.2, 0.25) is 0 Å². The number of esters is 1. The van der Waals surface area contributed by atoms with E-state index in [1.165, 1.54) is 13.3 Å². The normalized spacial score (nSPS) is 47.5. The molecule has 6 heteroatoms. The summed E-state index contributed by atoms with van der Waals surface area (Å²) in [5.74, 6) is 2.09. The Bertz CT molecular complexity index is 884. The summed E-state index contributed by atoms with van der Waals surface area (Å²) in [6.07, 6.45) is 10.7. The molecule has 0 radical (unpaired) electrons. The number of carbonyl (C=O) groups is 2. The molecule has 10 atom stereocenters. The number of likely N-dealkylation sites (N-methyl/N-ethyl adjacent to an activating group) is 1. The number of ketones is 1. The molecule has 6 nitrogen and oxygen atoms in total. The fraction of sp³-hybridized carbons (Fsp3) is 0.862. The SMILES string of the molecule is CC(=O)OC1C(O[C@H]2CC[C@@]3(C)C(=CC[C@@H]4[C@@H]3CC[C@]3(C)C(=O)CC[C@@H]43)C2)O[C@H](C)CC1N(C)C. The quantitative estimate of drug-likeness (QED) is 0.415. The third kappa shape index (κ3) is 4.31. The van der Waals surface area contributed by atoms with Crippen molar-refractivity contribution in [2.45, 2.75) is 116 Å². The first kappa shape index (κ1) is 25.4. The van der Waals surface area contributed by atoms with Crippen LogP contribution in [0.5, 0.6) is 0 Å². The van der Waals surface area contributed by atoms with Gasteiger partial charge in [0.25, 0.3) is 0 Å². The van der Waals surface area contributed by atoms with Crippen LogP contribution in [-0.4, -0.2) is 61.4 Å². The lowest BCUT2D eigenvalue weighted by Crippen LogP contribution is -2.57. The van der Waals surface area contributed by atoms with E-state index in [-0.39, 0.29) is 35.0 Å². The van der Waals surface area contributed by atoms with E-state index < -0.39 is 12.4 Å². The third-order valence-corrected chi connectivity index (χ3v) is 10.6. The highest BCUT2D eigenvalue weighted by atomic mass is 16.7. The topological polar surface area (TPSA) is 65.1 Å². The van der Waals surface area contributed by atoms with Crippen molar-refractivity contribution in [1.82, 2.24) is 4.90 Å². The average Bonchev–Trinajstić information content (AvgIpc) is 3.09. The fourth-order valence-electron chi connectivity index (χ4n) is 8.66. The van der Waals surface area contributed by atoms with Crippen molar-refractivity contribution < 1.29 is 23.8 Å². The number of Topliss-reactive ketones (excluding diaryl/α,β-unsaturated/α-hetero) is 1. The predicted octanol–water partition coefficient (Wildman–Crippen LogP) is 4.90. The van der Waals surface area contributed by atoms with Crippen LogP contribution in [0.4, 0.5) is 0 Å². The number of rotatable bonds is 4. The van der Waals surface area contributed by atoms with Gasteiger partial charge >= 0.3 is 5.97 Å². The van der Waals surface area contributed by atoms with Gasteiger partial charge in [-0.25, -0.2) is 0 Å². The number of fused-ring (bicyclic) bond motifs is 5. The Morgan fingerprint density at radius 1 is 1.11 bits per heavy atom. The summed E-state index contributed by atoms with van der Waals surface area (Å²) in [4.78, 5) is 26.7. The molecule has 3 unspecified atom stereocenters. The summed E-state index contributed by atoms with van der Waals surface area (Å²) in [7, 11) is 4.05. The van der Waals surface area contributed by atoms with Gasteiger partial charge in [0.2, 0.25) is 0 Å². The highest BCUT2D eigenvalue weighted by Gasteiger charge is 2.58. The Morgan fingerprint density at radius 3 is 2.54 bits per heavy atom. The maximum atomic E-state index is 12.7. The number of hydrogen-bond donors (Lipinski definition) is 0. The van der Waals surface area contributed by atoms with Crippen molar-refractivity contribution in [1.29, 1.82) is 0 Å². The lowest BCUT2D eigenvalue weighted by atomic mass is 9.48. The van der Waals surface area contributed by atoms with Crippen LogP contribution in [0.1, 0.15) is 85.5 Å². The average molecular weight is 488 g/mol. The first-order valence-electron chi connectivity index (χ1n) is 13.9. The van der Waals surface area contributed by atoms with Gasteiger partial charge in [-0.1, -0.05) is 25.5 Å². The zero-order chi connectivity index (χ0) is 25.1. The lowest BCUT2D eigenvalue weighted by Gasteiger charge is -2.57. The monoisotopic (exact) mass is 487 g/mol. The molecule has 0 amide bonds. The molecule has 0 spiro atoms. The van der Waals surface area contributed by atoms with E-state index >= 15 is 0 Å². The zero-order valence-electron chi connectivity index (χ0n) is 22.5. The van der Waals surface area contributed by atoms with Gasteiger partial charge in [0.15, 0.2) is 12.4 Å². The number of carbonyl (C=O) groups excluding carboxylic acids is 2. The molecule has 35 heavy (non-hydrogen) atoms. The summed E-state index contributed by atoms with van der Waals surface area (Å²) in [6, 6.07) is 0.0711. The minimum Gasteiger partial charge on any atom is -0.455 e. The van der Waals surface area contributed by atoms with Gasteiger partial charge in [-0.05, 0) is 95.6 Å². The molecule has 0 N–H and O–H groups in total. The first-order valence-corrected chi connectivity index (χ1v) is 13.9. The summed E-state index contributed by atoms with van der Waals surface area (Å²) in [5.41, 5.74) is 1.67. The summed E-state index contributed by atoms with van der Waals surface area (Å²) in [5, 5.41) is 0. The summed E-state index contributed by atoms with van der Waals surface area (Å²) in [6.45, 7) is 8.27. The van der Waals surface area contributed by atoms with E-state index in [1.807, 2.05) is 14.1 Å². The molecular formula is C29H45NO5. The molecule has 196 valence electrons. The van der Waals surface area contributed by atoms with E-state index in [0.29, 0.717) is 23.5 Å². The second-order valence-electron chi connectivity index (χ2n) is 12.8. The smallest absolute Gasteiger partial charge is 0.303 e. The Hall–Kier alpha value is -1.24. The molecule has 4 fully saturated rings. The van der Waals surface area contributed by atoms with Gasteiger partial charge in [0.1, 0.15) is 5.78 Å². The minimum atomic E-state index is -0.541. The fourth-order valence-corrected chi connectivity index (χ4v) is 8.66. The molecule has 0 aromatic rings. The maximum Gasteiger partial charge on any atom is 0.303 e. The van der Waals surface area contributed by atoms with Gasteiger partial charge in [-0.3, -0.25) is 9.59 Å². The van der Waals surface area contributed by atoms with Crippen molar-refractivity contribution in [3.63, 3.8) is 0 Å². The van der Waals surface area contributed by atoms with Crippen molar-refractivity contribution in [2.24, 2.45) is 28.6 Å². The number of hydrogen-bond acceptors (Lipinski definition) is 6. The minimum absolute atomic E-state index is 0.0494. The molecule has 3 saturated carbocycles. The first-order chi connectivity index (χ1) is 16.5. The second kappa shape index (κ2) is 9.25. The number of ether oxygens (including phenoxy) is 3. The molecule has 1 heterocycles. The highest BCUT2D eigenvalue weighted by molar-refractivity contribution is 5.87. The Kier molecular flexibility index (Phi) is 6.72. The summed E-state index contributed by atoms with van der Waals surface area (Å²) >= 11 is 0. The Balaban J connectivity index is 1.31. The standard InChI is InChI=1S/C29H45NO5/c1-17-15-24(30(5)6)26(34-18(2)31)27(33-17)35-20-11-13-28(3)19(16-20)7-8-21-22-9-10-25(32)29(22,4)14-12-23(21)28/h7,17,20-24,26-27H,8-16H2,1-6H3/t17-,20+,21+,22+,23+,24?,26?,27?,28+,29+/m1/s1. The number of allylic oxidation sites excluding steroid dienone is 1. The molecule has 4 aliphatic carbocycles. The highest BCUT2D eigenvalue weighted by Crippen LogP contribution is 2.64. The van der Waals surface area contributed by atoms with Crippen LogP contribution < -0.4 is 0 Å². The van der Waals surface area contributed by atoms with Crippen LogP contribution >= 0.6 is 0 Å². The van der Waals surface area contributed by atoms with Gasteiger partial charge in [-0.15, -0.1) is 0 Å². The molecule has 0 bridgehead atoms. The third-order valence-electron chi connectivity index (χ3n) is 10.6. The molecule has 0 aromatic carbocycles. The van der Waals surface area contributed by atoms with Crippen molar-refractivity contribution in [3.8, 4) is 0 Å². The van der Waals surface area contributed by atoms with Crippen LogP contribution in [0.15, 0.2) is 11.6 Å². The van der Waals surface area contributed by atoms with Gasteiger partial charge in [0.05, 0.1) is 18.2 Å². The maximum absolute atomic E-state index is 12.7. The van der Waals surface area contributed by atoms with Crippen LogP contribution in [0, 0.1) is 28.6 Å². The molecule has 5 rings (SSSR count). The van der Waals surface area contributed by atoms with Gasteiger partial charge in [0, 0.05) is 18.8 Å². The molecule has 1 aliphatic heterocycles. The Labute approximate surface area is 211 Å². The van der Waals surface area contributed by atoms with Crippen molar-refractivity contribution in [2.75, 3.05) is 14.1 Å². The van der Waals surface area contributed by atoms with E-state index in [4.69, 9.17) is 14.2 Å². The number of nitrogens with zero attached hydrogens (tertiary/aromatic N) is 1. The summed E-state index contributed by atoms with van der Waals surface area (Å²) < 4.78 is 18.6. The molecule has 1 saturated heterocycles. The second-order valence-corrected chi connectivity index (χ2v) is 12.8. The van der Waals surface area contributed by atoms with E-state index in [2.05, 4.69) is 31.7 Å². The van der Waals surface area contributed by atoms with Crippen LogP contribution in [0.3, 0.4) is 0 Å². The van der Waals surface area contributed by atoms with Crippen LogP contribution in [-0.2, 0) is 23.8 Å². The molecular weight excluding hydrogens is 442 g/mol. The predicted molar refractivity (Wildman–Crippen MR) is 134 cm³/mol. The Morgan fingerprint density at radius 2 is 1.83 bits per heavy atom. The largest absolute Gasteiger partial charge is 0.455 e.